The van der Waals surface area contributed by atoms with Crippen molar-refractivity contribution in [1.82, 2.24) is 5.16 Å². The lowest BCUT2D eigenvalue weighted by Crippen LogP contribution is -2.10. The van der Waals surface area contributed by atoms with Crippen molar-refractivity contribution in [1.29, 1.82) is 0 Å². The standard InChI is InChI=1S/C22H23NO4/c1-22(2,3)18-8-4-16(5-9-18)13-26-19-10-6-17(7-11-19)21-12-20(27-23-21)14-25-15-24/h4-12,15H,13-14H2,1-3H3. The van der Waals surface area contributed by atoms with E-state index < -0.39 is 0 Å². The zero-order valence-electron chi connectivity index (χ0n) is 15.8. The van der Waals surface area contributed by atoms with Gasteiger partial charge in [-0.2, -0.15) is 0 Å². The third-order valence-electron chi connectivity index (χ3n) is 4.23. The van der Waals surface area contributed by atoms with E-state index in [0.29, 0.717) is 24.5 Å². The zero-order valence-corrected chi connectivity index (χ0v) is 15.8. The van der Waals surface area contributed by atoms with E-state index in [1.807, 2.05) is 24.3 Å². The Morgan fingerprint density at radius 1 is 1.00 bits per heavy atom. The molecule has 0 amide bonds. The van der Waals surface area contributed by atoms with Crippen LogP contribution in [-0.2, 0) is 28.2 Å². The van der Waals surface area contributed by atoms with Gasteiger partial charge in [0, 0.05) is 11.6 Å². The smallest absolute Gasteiger partial charge is 0.293 e. The van der Waals surface area contributed by atoms with Crippen molar-refractivity contribution in [3.05, 3.63) is 71.5 Å². The summed E-state index contributed by atoms with van der Waals surface area (Å²) in [5, 5.41) is 3.98. The highest BCUT2D eigenvalue weighted by Gasteiger charge is 2.13. The molecule has 0 fully saturated rings. The summed E-state index contributed by atoms with van der Waals surface area (Å²) < 4.78 is 15.6. The minimum Gasteiger partial charge on any atom is -0.489 e. The van der Waals surface area contributed by atoms with E-state index in [0.717, 1.165) is 16.9 Å². The molecule has 3 rings (SSSR count). The molecule has 0 spiro atoms. The van der Waals surface area contributed by atoms with E-state index in [2.05, 4.69) is 54.9 Å². The number of hydrogen-bond acceptors (Lipinski definition) is 5. The van der Waals surface area contributed by atoms with E-state index in [-0.39, 0.29) is 12.0 Å². The summed E-state index contributed by atoms with van der Waals surface area (Å²) in [6.07, 6.45) is 0. The van der Waals surface area contributed by atoms with Crippen molar-refractivity contribution in [3.8, 4) is 17.0 Å². The molecule has 1 heterocycles. The molecule has 0 aliphatic carbocycles. The van der Waals surface area contributed by atoms with E-state index in [9.17, 15) is 4.79 Å². The Bertz CT molecular complexity index is 874. The van der Waals surface area contributed by atoms with Crippen molar-refractivity contribution >= 4 is 6.47 Å². The summed E-state index contributed by atoms with van der Waals surface area (Å²) in [6.45, 7) is 7.57. The van der Waals surface area contributed by atoms with Crippen molar-refractivity contribution in [3.63, 3.8) is 0 Å². The van der Waals surface area contributed by atoms with Gasteiger partial charge in [-0.15, -0.1) is 0 Å². The summed E-state index contributed by atoms with van der Waals surface area (Å²) >= 11 is 0. The Morgan fingerprint density at radius 3 is 2.33 bits per heavy atom. The Kier molecular flexibility index (Phi) is 5.60. The second-order valence-electron chi connectivity index (χ2n) is 7.35. The first-order chi connectivity index (χ1) is 13.0. The van der Waals surface area contributed by atoms with Gasteiger partial charge in [0.2, 0.25) is 0 Å². The number of carbonyl (C=O) groups excluding carboxylic acids is 1. The molecule has 2 aromatic carbocycles. The van der Waals surface area contributed by atoms with Crippen LogP contribution in [-0.4, -0.2) is 11.6 Å². The van der Waals surface area contributed by atoms with E-state index >= 15 is 0 Å². The molecule has 0 aliphatic heterocycles. The minimum absolute atomic E-state index is 0.0751. The Morgan fingerprint density at radius 2 is 1.70 bits per heavy atom. The largest absolute Gasteiger partial charge is 0.489 e. The quantitative estimate of drug-likeness (QED) is 0.558. The van der Waals surface area contributed by atoms with Crippen LogP contribution in [0, 0.1) is 0 Å². The highest BCUT2D eigenvalue weighted by atomic mass is 16.5. The van der Waals surface area contributed by atoms with Crippen LogP contribution in [0.4, 0.5) is 0 Å². The first-order valence-electron chi connectivity index (χ1n) is 8.79. The molecule has 0 saturated carbocycles. The lowest BCUT2D eigenvalue weighted by molar-refractivity contribution is -0.130. The van der Waals surface area contributed by atoms with Gasteiger partial charge in [-0.25, -0.2) is 0 Å². The molecule has 0 atom stereocenters. The molecule has 0 saturated heterocycles. The highest BCUT2D eigenvalue weighted by molar-refractivity contribution is 5.59. The SMILES string of the molecule is CC(C)(C)c1ccc(COc2ccc(-c3cc(COC=O)on3)cc2)cc1. The van der Waals surface area contributed by atoms with Gasteiger partial charge in [0.05, 0.1) is 0 Å². The van der Waals surface area contributed by atoms with Gasteiger partial charge in [0.25, 0.3) is 6.47 Å². The fourth-order valence-electron chi connectivity index (χ4n) is 2.62. The summed E-state index contributed by atoms with van der Waals surface area (Å²) in [5.41, 5.74) is 4.17. The van der Waals surface area contributed by atoms with Gasteiger partial charge in [-0.1, -0.05) is 50.2 Å². The maximum atomic E-state index is 10.2. The number of hydrogen-bond donors (Lipinski definition) is 0. The van der Waals surface area contributed by atoms with Crippen LogP contribution in [0.5, 0.6) is 5.75 Å². The number of nitrogens with zero attached hydrogens (tertiary/aromatic N) is 1. The minimum atomic E-state index is 0.0751. The number of aromatic nitrogens is 1. The molecule has 27 heavy (non-hydrogen) atoms. The molecule has 0 radical (unpaired) electrons. The zero-order chi connectivity index (χ0) is 19.3. The summed E-state index contributed by atoms with van der Waals surface area (Å²) in [5.74, 6) is 1.28. The number of rotatable bonds is 7. The molecule has 0 aliphatic rings. The Hall–Kier alpha value is -3.08. The van der Waals surface area contributed by atoms with Crippen LogP contribution >= 0.6 is 0 Å². The number of benzene rings is 2. The average Bonchev–Trinajstić information content (AvgIpc) is 3.14. The summed E-state index contributed by atoms with van der Waals surface area (Å²) in [7, 11) is 0. The third-order valence-corrected chi connectivity index (χ3v) is 4.23. The van der Waals surface area contributed by atoms with Gasteiger partial charge in [0.1, 0.15) is 18.1 Å². The van der Waals surface area contributed by atoms with E-state index in [1.54, 1.807) is 6.07 Å². The molecule has 3 aromatic rings. The van der Waals surface area contributed by atoms with E-state index in [4.69, 9.17) is 9.26 Å². The average molecular weight is 365 g/mol. The van der Waals surface area contributed by atoms with Crippen LogP contribution in [0.1, 0.15) is 37.7 Å². The molecule has 0 unspecified atom stereocenters. The normalized spacial score (nSPS) is 11.2. The molecule has 0 bridgehead atoms. The molecular weight excluding hydrogens is 342 g/mol. The van der Waals surface area contributed by atoms with Gasteiger partial charge < -0.3 is 14.0 Å². The maximum absolute atomic E-state index is 10.2. The third kappa shape index (κ3) is 4.97. The highest BCUT2D eigenvalue weighted by Crippen LogP contribution is 2.24. The fourth-order valence-corrected chi connectivity index (χ4v) is 2.62. The number of carbonyl (C=O) groups is 1. The molecule has 1 aromatic heterocycles. The van der Waals surface area contributed by atoms with E-state index in [1.165, 1.54) is 5.56 Å². The first-order valence-corrected chi connectivity index (χ1v) is 8.79. The monoisotopic (exact) mass is 365 g/mol. The predicted molar refractivity (Wildman–Crippen MR) is 102 cm³/mol. The first kappa shape index (κ1) is 18.7. The maximum Gasteiger partial charge on any atom is 0.293 e. The Labute approximate surface area is 158 Å². The van der Waals surface area contributed by atoms with Crippen LogP contribution in [0.3, 0.4) is 0 Å². The van der Waals surface area contributed by atoms with Crippen molar-refractivity contribution in [2.24, 2.45) is 0 Å². The summed E-state index contributed by atoms with van der Waals surface area (Å²) in [6, 6.07) is 17.9. The van der Waals surface area contributed by atoms with Gasteiger partial charge in [-0.3, -0.25) is 4.79 Å². The second-order valence-corrected chi connectivity index (χ2v) is 7.35. The van der Waals surface area contributed by atoms with Crippen molar-refractivity contribution < 1.29 is 18.8 Å². The van der Waals surface area contributed by atoms with Crippen LogP contribution in [0.15, 0.2) is 59.1 Å². The summed E-state index contributed by atoms with van der Waals surface area (Å²) in [4.78, 5) is 10.2. The predicted octanol–water partition coefficient (Wildman–Crippen LogP) is 4.89. The number of ether oxygens (including phenoxy) is 2. The molecule has 5 nitrogen and oxygen atoms in total. The van der Waals surface area contributed by atoms with Crippen molar-refractivity contribution in [2.45, 2.75) is 39.4 Å². The van der Waals surface area contributed by atoms with Gasteiger partial charge in [-0.05, 0) is 40.8 Å². The lowest BCUT2D eigenvalue weighted by Gasteiger charge is -2.19. The van der Waals surface area contributed by atoms with Crippen LogP contribution in [0.25, 0.3) is 11.3 Å². The topological polar surface area (TPSA) is 61.6 Å². The molecule has 0 N–H and O–H groups in total. The molecule has 140 valence electrons. The van der Waals surface area contributed by atoms with Crippen LogP contribution < -0.4 is 4.74 Å². The van der Waals surface area contributed by atoms with Crippen LogP contribution in [0.2, 0.25) is 0 Å². The second kappa shape index (κ2) is 8.08. The molecule has 5 heteroatoms. The lowest BCUT2D eigenvalue weighted by atomic mass is 9.87. The Balaban J connectivity index is 1.59. The van der Waals surface area contributed by atoms with Gasteiger partial charge >= 0.3 is 0 Å². The van der Waals surface area contributed by atoms with Crippen molar-refractivity contribution in [2.75, 3.05) is 0 Å². The van der Waals surface area contributed by atoms with Gasteiger partial charge in [0.15, 0.2) is 12.4 Å². The fraction of sp³-hybridized carbons (Fsp3) is 0.273. The molecular formula is C22H23NO4.